The highest BCUT2D eigenvalue weighted by Gasteiger charge is 2.26. The van der Waals surface area contributed by atoms with Gasteiger partial charge in [0.05, 0.1) is 25.8 Å². The maximum Gasteiger partial charge on any atom is 0.327 e. The van der Waals surface area contributed by atoms with E-state index in [-0.39, 0.29) is 27.3 Å². The third kappa shape index (κ3) is 2.38. The lowest BCUT2D eigenvalue weighted by Gasteiger charge is -2.07. The Hall–Kier alpha value is -2.58. The highest BCUT2D eigenvalue weighted by molar-refractivity contribution is 6.42. The SMILES string of the molecule is O=[N+]([O-])c1ccc(Nc2ccc(Cl)c(Cl)c2)c2c1no[n+]2[O-]. The van der Waals surface area contributed by atoms with E-state index in [0.717, 1.165) is 0 Å². The number of hydrogen-bond donors (Lipinski definition) is 1. The number of halogens is 2. The minimum Gasteiger partial charge on any atom is -0.359 e. The molecule has 2 aromatic carbocycles. The number of nitro groups is 1. The lowest BCUT2D eigenvalue weighted by molar-refractivity contribution is -0.781. The van der Waals surface area contributed by atoms with Crippen LogP contribution in [0.1, 0.15) is 0 Å². The first kappa shape index (κ1) is 14.4. The molecule has 0 unspecified atom stereocenters. The van der Waals surface area contributed by atoms with Crippen molar-refractivity contribution in [1.29, 1.82) is 0 Å². The summed E-state index contributed by atoms with van der Waals surface area (Å²) in [6.45, 7) is 0. The Bertz CT molecular complexity index is 896. The highest BCUT2D eigenvalue weighted by Crippen LogP contribution is 2.31. The fourth-order valence-corrected chi connectivity index (χ4v) is 2.24. The summed E-state index contributed by atoms with van der Waals surface area (Å²) in [6.07, 6.45) is 0. The third-order valence-corrected chi connectivity index (χ3v) is 3.65. The predicted octanol–water partition coefficient (Wildman–Crippen LogP) is 3.42. The van der Waals surface area contributed by atoms with E-state index in [1.807, 2.05) is 0 Å². The number of aromatic nitrogens is 2. The average molecular weight is 341 g/mol. The van der Waals surface area contributed by atoms with Crippen molar-refractivity contribution < 1.29 is 14.5 Å². The quantitative estimate of drug-likeness (QED) is 0.444. The van der Waals surface area contributed by atoms with E-state index in [0.29, 0.717) is 15.7 Å². The Kier molecular flexibility index (Phi) is 3.47. The summed E-state index contributed by atoms with van der Waals surface area (Å²) in [5.41, 5.74) is 0.277. The van der Waals surface area contributed by atoms with Crippen LogP contribution in [0.2, 0.25) is 10.0 Å². The number of nitro benzene ring substituents is 1. The summed E-state index contributed by atoms with van der Waals surface area (Å²) in [5, 5.41) is 29.6. The summed E-state index contributed by atoms with van der Waals surface area (Å²) >= 11 is 11.7. The summed E-state index contributed by atoms with van der Waals surface area (Å²) < 4.78 is 4.45. The van der Waals surface area contributed by atoms with Gasteiger partial charge in [0.15, 0.2) is 0 Å². The van der Waals surface area contributed by atoms with Crippen LogP contribution in [0.15, 0.2) is 35.0 Å². The zero-order chi connectivity index (χ0) is 15.9. The Labute approximate surface area is 132 Å². The molecule has 0 amide bonds. The summed E-state index contributed by atoms with van der Waals surface area (Å²) in [6, 6.07) is 7.39. The molecule has 0 aliphatic heterocycles. The second-order valence-corrected chi connectivity index (χ2v) is 5.08. The molecule has 10 heteroatoms. The van der Waals surface area contributed by atoms with Gasteiger partial charge < -0.3 is 10.5 Å². The van der Waals surface area contributed by atoms with Crippen LogP contribution in [0.5, 0.6) is 0 Å². The molecule has 22 heavy (non-hydrogen) atoms. The Morgan fingerprint density at radius 1 is 1.23 bits per heavy atom. The van der Waals surface area contributed by atoms with Gasteiger partial charge in [0.1, 0.15) is 0 Å². The number of hydrogen-bond acceptors (Lipinski definition) is 6. The first-order chi connectivity index (χ1) is 10.5. The summed E-state index contributed by atoms with van der Waals surface area (Å²) in [5.74, 6) is 0. The maximum absolute atomic E-state index is 11.7. The summed E-state index contributed by atoms with van der Waals surface area (Å²) in [4.78, 5) is 10.4. The van der Waals surface area contributed by atoms with E-state index in [1.54, 1.807) is 18.2 Å². The molecule has 0 saturated heterocycles. The molecule has 3 aromatic rings. The van der Waals surface area contributed by atoms with E-state index in [1.165, 1.54) is 12.1 Å². The van der Waals surface area contributed by atoms with E-state index in [9.17, 15) is 15.3 Å². The Morgan fingerprint density at radius 2 is 2.00 bits per heavy atom. The molecule has 1 heterocycles. The van der Waals surface area contributed by atoms with Crippen molar-refractivity contribution in [1.82, 2.24) is 5.16 Å². The zero-order valence-electron chi connectivity index (χ0n) is 10.6. The minimum atomic E-state index is -0.645. The van der Waals surface area contributed by atoms with Gasteiger partial charge in [0, 0.05) is 11.8 Å². The van der Waals surface area contributed by atoms with Crippen LogP contribution in [0, 0.1) is 15.3 Å². The van der Waals surface area contributed by atoms with Crippen molar-refractivity contribution in [2.45, 2.75) is 0 Å². The topological polar surface area (TPSA) is 108 Å². The van der Waals surface area contributed by atoms with Crippen LogP contribution in [-0.4, -0.2) is 10.1 Å². The molecule has 0 bridgehead atoms. The number of benzene rings is 2. The predicted molar refractivity (Wildman–Crippen MR) is 79.4 cm³/mol. The fourth-order valence-electron chi connectivity index (χ4n) is 1.94. The van der Waals surface area contributed by atoms with Gasteiger partial charge in [0.2, 0.25) is 0 Å². The van der Waals surface area contributed by atoms with Crippen LogP contribution in [-0.2, 0) is 0 Å². The van der Waals surface area contributed by atoms with Crippen molar-refractivity contribution in [2.24, 2.45) is 0 Å². The molecular weight excluding hydrogens is 335 g/mol. The molecule has 0 radical (unpaired) electrons. The molecule has 3 rings (SSSR count). The third-order valence-electron chi connectivity index (χ3n) is 2.91. The monoisotopic (exact) mass is 340 g/mol. The molecule has 0 saturated carbocycles. The number of non-ortho nitro benzene ring substituents is 1. The number of nitrogens with one attached hydrogen (secondary N) is 1. The molecule has 0 atom stereocenters. The molecule has 0 aliphatic carbocycles. The van der Waals surface area contributed by atoms with Crippen LogP contribution < -0.4 is 10.2 Å². The molecule has 1 N–H and O–H groups in total. The standard InChI is InChI=1S/C12H6Cl2N4O4/c13-7-2-1-6(5-8(7)14)15-9-3-4-10(17(19)20)11-12(9)18(21)22-16-11/h1-5,15H. The second kappa shape index (κ2) is 5.32. The van der Waals surface area contributed by atoms with Crippen LogP contribution >= 0.6 is 23.2 Å². The van der Waals surface area contributed by atoms with Gasteiger partial charge in [-0.1, -0.05) is 23.2 Å². The first-order valence-electron chi connectivity index (χ1n) is 5.86. The molecular formula is C12H6Cl2N4O4. The lowest BCUT2D eigenvalue weighted by atomic mass is 10.2. The number of fused-ring (bicyclic) bond motifs is 1. The van der Waals surface area contributed by atoms with Crippen molar-refractivity contribution in [3.8, 4) is 0 Å². The minimum absolute atomic E-state index is 0.0831. The zero-order valence-corrected chi connectivity index (χ0v) is 12.1. The second-order valence-electron chi connectivity index (χ2n) is 4.27. The molecule has 0 spiro atoms. The molecule has 0 fully saturated rings. The largest absolute Gasteiger partial charge is 0.359 e. The Balaban J connectivity index is 2.11. The molecule has 1 aromatic heterocycles. The highest BCUT2D eigenvalue weighted by atomic mass is 35.5. The van der Waals surface area contributed by atoms with Gasteiger partial charge in [-0.3, -0.25) is 14.7 Å². The van der Waals surface area contributed by atoms with Crippen LogP contribution in [0.4, 0.5) is 17.1 Å². The molecule has 8 nitrogen and oxygen atoms in total. The number of nitrogens with zero attached hydrogens (tertiary/aromatic N) is 3. The molecule has 0 aliphatic rings. The van der Waals surface area contributed by atoms with E-state index < -0.39 is 4.92 Å². The average Bonchev–Trinajstić information content (AvgIpc) is 2.86. The van der Waals surface area contributed by atoms with Gasteiger partial charge in [-0.05, 0) is 29.2 Å². The van der Waals surface area contributed by atoms with Crippen molar-refractivity contribution in [3.05, 3.63) is 55.7 Å². The van der Waals surface area contributed by atoms with E-state index in [2.05, 4.69) is 15.1 Å². The summed E-state index contributed by atoms with van der Waals surface area (Å²) in [7, 11) is 0. The fraction of sp³-hybridized carbons (Fsp3) is 0. The van der Waals surface area contributed by atoms with Crippen molar-refractivity contribution >= 4 is 51.3 Å². The maximum atomic E-state index is 11.7. The normalized spacial score (nSPS) is 10.8. The van der Waals surface area contributed by atoms with Crippen molar-refractivity contribution in [3.63, 3.8) is 0 Å². The van der Waals surface area contributed by atoms with Gasteiger partial charge in [-0.25, -0.2) is 0 Å². The van der Waals surface area contributed by atoms with Gasteiger partial charge in [-0.2, -0.15) is 0 Å². The van der Waals surface area contributed by atoms with Gasteiger partial charge >= 0.3 is 11.2 Å². The lowest BCUT2D eigenvalue weighted by Crippen LogP contribution is -2.23. The van der Waals surface area contributed by atoms with E-state index in [4.69, 9.17) is 23.2 Å². The smallest absolute Gasteiger partial charge is 0.327 e. The van der Waals surface area contributed by atoms with Crippen molar-refractivity contribution in [2.75, 3.05) is 5.32 Å². The van der Waals surface area contributed by atoms with E-state index >= 15 is 0 Å². The van der Waals surface area contributed by atoms with Gasteiger partial charge in [-0.15, -0.1) is 0 Å². The number of anilines is 2. The Morgan fingerprint density at radius 3 is 2.68 bits per heavy atom. The van der Waals surface area contributed by atoms with Crippen LogP contribution in [0.3, 0.4) is 0 Å². The number of rotatable bonds is 3. The van der Waals surface area contributed by atoms with Crippen LogP contribution in [0.25, 0.3) is 11.0 Å². The first-order valence-corrected chi connectivity index (χ1v) is 6.62. The molecule has 112 valence electrons. The van der Waals surface area contributed by atoms with Gasteiger partial charge in [0.25, 0.3) is 5.52 Å².